The van der Waals surface area contributed by atoms with Crippen LogP contribution in [0.15, 0.2) is 17.1 Å². The Kier molecular flexibility index (Phi) is 2.49. The highest BCUT2D eigenvalue weighted by Crippen LogP contribution is 2.26. The quantitative estimate of drug-likeness (QED) is 0.740. The van der Waals surface area contributed by atoms with Crippen LogP contribution in [0.2, 0.25) is 0 Å². The van der Waals surface area contributed by atoms with Crippen molar-refractivity contribution in [2.75, 3.05) is 13.6 Å². The lowest BCUT2D eigenvalue weighted by Crippen LogP contribution is -2.32. The molecular weight excluding hydrogens is 219 g/mol. The molecule has 0 saturated heterocycles. The van der Waals surface area contributed by atoms with Crippen molar-refractivity contribution in [2.45, 2.75) is 6.04 Å². The van der Waals surface area contributed by atoms with Crippen LogP contribution >= 0.6 is 0 Å². The van der Waals surface area contributed by atoms with E-state index in [4.69, 9.17) is 5.73 Å². The number of nitrogens with two attached hydrogens (primary N) is 1. The fraction of sp³-hybridized carbons (Fsp3) is 0.300. The minimum absolute atomic E-state index is 0.301. The zero-order chi connectivity index (χ0) is 11.9. The standard InChI is InChI=1S/C10H10F3N3/c1-16-8(4-15-10(16)14)5-2-6(11)9(13)7(12)3-5/h2-3,8H,4H2,1H3,(H2,14,15). The average molecular weight is 229 g/mol. The van der Waals surface area contributed by atoms with Gasteiger partial charge in [0.25, 0.3) is 0 Å². The van der Waals surface area contributed by atoms with Gasteiger partial charge >= 0.3 is 0 Å². The number of likely N-dealkylation sites (N-methyl/N-ethyl adjacent to an activating group) is 1. The summed E-state index contributed by atoms with van der Waals surface area (Å²) in [6.45, 7) is 0.312. The molecular formula is C10H10F3N3. The summed E-state index contributed by atoms with van der Waals surface area (Å²) in [4.78, 5) is 5.53. The molecule has 2 rings (SSSR count). The summed E-state index contributed by atoms with van der Waals surface area (Å²) in [5.74, 6) is -3.56. The summed E-state index contributed by atoms with van der Waals surface area (Å²) in [6.07, 6.45) is 0. The molecule has 3 nitrogen and oxygen atoms in total. The molecule has 16 heavy (non-hydrogen) atoms. The lowest BCUT2D eigenvalue weighted by molar-refractivity contribution is 0.400. The fourth-order valence-corrected chi connectivity index (χ4v) is 1.67. The van der Waals surface area contributed by atoms with Crippen molar-refractivity contribution in [3.05, 3.63) is 35.1 Å². The molecule has 2 N–H and O–H groups in total. The van der Waals surface area contributed by atoms with Gasteiger partial charge < -0.3 is 10.6 Å². The maximum atomic E-state index is 13.0. The second-order valence-corrected chi connectivity index (χ2v) is 3.62. The maximum Gasteiger partial charge on any atom is 0.194 e. The highest BCUT2D eigenvalue weighted by molar-refractivity contribution is 5.80. The normalized spacial score (nSPS) is 20.1. The van der Waals surface area contributed by atoms with E-state index in [-0.39, 0.29) is 6.04 Å². The summed E-state index contributed by atoms with van der Waals surface area (Å²) in [6, 6.07) is 1.59. The molecule has 86 valence electrons. The largest absolute Gasteiger partial charge is 0.370 e. The Hall–Kier alpha value is -1.72. The van der Waals surface area contributed by atoms with Gasteiger partial charge in [-0.1, -0.05) is 0 Å². The smallest absolute Gasteiger partial charge is 0.194 e. The van der Waals surface area contributed by atoms with E-state index >= 15 is 0 Å². The van der Waals surface area contributed by atoms with Crippen LogP contribution in [0, 0.1) is 17.5 Å². The molecule has 1 aromatic carbocycles. The topological polar surface area (TPSA) is 41.6 Å². The van der Waals surface area contributed by atoms with Gasteiger partial charge in [-0.3, -0.25) is 4.99 Å². The summed E-state index contributed by atoms with van der Waals surface area (Å²) in [5, 5.41) is 0. The molecule has 1 aliphatic rings. The first-order valence-corrected chi connectivity index (χ1v) is 4.68. The number of benzene rings is 1. The van der Waals surface area contributed by atoms with Gasteiger partial charge in [0.1, 0.15) is 0 Å². The van der Waals surface area contributed by atoms with E-state index < -0.39 is 17.5 Å². The van der Waals surface area contributed by atoms with Gasteiger partial charge in [0, 0.05) is 7.05 Å². The van der Waals surface area contributed by atoms with Crippen molar-refractivity contribution >= 4 is 5.96 Å². The van der Waals surface area contributed by atoms with Crippen molar-refractivity contribution in [3.8, 4) is 0 Å². The zero-order valence-corrected chi connectivity index (χ0v) is 8.54. The van der Waals surface area contributed by atoms with Gasteiger partial charge in [0.15, 0.2) is 23.4 Å². The van der Waals surface area contributed by atoms with Crippen LogP contribution in [-0.2, 0) is 0 Å². The third-order valence-electron chi connectivity index (χ3n) is 2.65. The van der Waals surface area contributed by atoms with Gasteiger partial charge in [0.05, 0.1) is 12.6 Å². The van der Waals surface area contributed by atoms with Crippen LogP contribution in [-0.4, -0.2) is 24.5 Å². The zero-order valence-electron chi connectivity index (χ0n) is 8.54. The molecule has 1 unspecified atom stereocenters. The predicted molar refractivity (Wildman–Crippen MR) is 53.3 cm³/mol. The van der Waals surface area contributed by atoms with Crippen molar-refractivity contribution in [1.29, 1.82) is 0 Å². The fourth-order valence-electron chi connectivity index (χ4n) is 1.67. The SMILES string of the molecule is CN1C(N)=NCC1c1cc(F)c(F)c(F)c1. The minimum Gasteiger partial charge on any atom is -0.370 e. The van der Waals surface area contributed by atoms with E-state index in [1.54, 1.807) is 11.9 Å². The molecule has 6 heteroatoms. The van der Waals surface area contributed by atoms with Crippen LogP contribution in [0.4, 0.5) is 13.2 Å². The Morgan fingerprint density at radius 1 is 1.31 bits per heavy atom. The number of hydrogen-bond donors (Lipinski definition) is 1. The van der Waals surface area contributed by atoms with Crippen LogP contribution < -0.4 is 5.73 Å². The lowest BCUT2D eigenvalue weighted by Gasteiger charge is -2.21. The average Bonchev–Trinajstić information content (AvgIpc) is 2.56. The van der Waals surface area contributed by atoms with E-state index in [9.17, 15) is 13.2 Å². The number of nitrogens with zero attached hydrogens (tertiary/aromatic N) is 2. The number of aliphatic imine (C=N–C) groups is 1. The Labute approximate surface area is 90.4 Å². The van der Waals surface area contributed by atoms with E-state index in [2.05, 4.69) is 4.99 Å². The molecule has 0 radical (unpaired) electrons. The van der Waals surface area contributed by atoms with Crippen LogP contribution in [0.5, 0.6) is 0 Å². The molecule has 1 aromatic rings. The van der Waals surface area contributed by atoms with Crippen LogP contribution in [0.25, 0.3) is 0 Å². The maximum absolute atomic E-state index is 13.0. The summed E-state index contributed by atoms with van der Waals surface area (Å²) in [5.41, 5.74) is 5.85. The van der Waals surface area contributed by atoms with E-state index in [0.29, 0.717) is 18.1 Å². The number of halogens is 3. The van der Waals surface area contributed by atoms with E-state index in [0.717, 1.165) is 12.1 Å². The molecule has 0 bridgehead atoms. The minimum atomic E-state index is -1.46. The van der Waals surface area contributed by atoms with Crippen molar-refractivity contribution in [3.63, 3.8) is 0 Å². The number of hydrogen-bond acceptors (Lipinski definition) is 3. The van der Waals surface area contributed by atoms with Gasteiger partial charge in [-0.2, -0.15) is 0 Å². The van der Waals surface area contributed by atoms with Gasteiger partial charge in [-0.05, 0) is 17.7 Å². The molecule has 0 aliphatic carbocycles. The van der Waals surface area contributed by atoms with Crippen LogP contribution in [0.1, 0.15) is 11.6 Å². The second kappa shape index (κ2) is 3.70. The molecule has 0 amide bonds. The molecule has 1 heterocycles. The highest BCUT2D eigenvalue weighted by atomic mass is 19.2. The van der Waals surface area contributed by atoms with Gasteiger partial charge in [-0.15, -0.1) is 0 Å². The Bertz CT molecular complexity index is 436. The summed E-state index contributed by atoms with van der Waals surface area (Å²) < 4.78 is 38.8. The number of rotatable bonds is 1. The number of guanidine groups is 1. The third-order valence-corrected chi connectivity index (χ3v) is 2.65. The summed E-state index contributed by atoms with van der Waals surface area (Å²) in [7, 11) is 1.66. The van der Waals surface area contributed by atoms with Crippen molar-refractivity contribution in [1.82, 2.24) is 4.90 Å². The first-order chi connectivity index (χ1) is 7.50. The van der Waals surface area contributed by atoms with Gasteiger partial charge in [0.2, 0.25) is 0 Å². The van der Waals surface area contributed by atoms with Crippen molar-refractivity contribution in [2.24, 2.45) is 10.7 Å². The van der Waals surface area contributed by atoms with E-state index in [1.807, 2.05) is 0 Å². The molecule has 0 aromatic heterocycles. The Morgan fingerprint density at radius 3 is 2.31 bits per heavy atom. The van der Waals surface area contributed by atoms with Crippen molar-refractivity contribution < 1.29 is 13.2 Å². The Balaban J connectivity index is 2.36. The molecule has 0 spiro atoms. The monoisotopic (exact) mass is 229 g/mol. The predicted octanol–water partition coefficient (Wildman–Crippen LogP) is 1.41. The van der Waals surface area contributed by atoms with Gasteiger partial charge in [-0.25, -0.2) is 13.2 Å². The Morgan fingerprint density at radius 2 is 1.88 bits per heavy atom. The second-order valence-electron chi connectivity index (χ2n) is 3.62. The third kappa shape index (κ3) is 1.60. The van der Waals surface area contributed by atoms with E-state index in [1.165, 1.54) is 0 Å². The summed E-state index contributed by atoms with van der Waals surface area (Å²) >= 11 is 0. The first-order valence-electron chi connectivity index (χ1n) is 4.68. The first kappa shape index (κ1) is 10.8. The molecule has 1 aliphatic heterocycles. The lowest BCUT2D eigenvalue weighted by atomic mass is 10.1. The molecule has 0 fully saturated rings. The molecule has 0 saturated carbocycles. The van der Waals surface area contributed by atoms with Crippen LogP contribution in [0.3, 0.4) is 0 Å². The highest BCUT2D eigenvalue weighted by Gasteiger charge is 2.26. The molecule has 1 atom stereocenters.